The molecule has 0 unspecified atom stereocenters. The van der Waals surface area contributed by atoms with E-state index in [1.165, 1.54) is 36.8 Å². The standard InChI is InChI=1S/C21H29N/c1-3-5-12-18(4-2)17-22-21(19-13-8-6-9-14-19)20-15-10-7-11-16-20/h6-11,13-16,18,21-22H,3-5,12,17H2,1-2H3/t18-/m0/s1. The molecule has 1 N–H and O–H groups in total. The van der Waals surface area contributed by atoms with E-state index in [0.29, 0.717) is 0 Å². The van der Waals surface area contributed by atoms with Gasteiger partial charge in [0, 0.05) is 0 Å². The Bertz CT molecular complexity index is 466. The Balaban J connectivity index is 2.09. The van der Waals surface area contributed by atoms with Gasteiger partial charge in [0.2, 0.25) is 0 Å². The third-order valence-electron chi connectivity index (χ3n) is 4.42. The summed E-state index contributed by atoms with van der Waals surface area (Å²) in [5.41, 5.74) is 2.69. The Morgan fingerprint density at radius 3 is 1.82 bits per heavy atom. The predicted octanol–water partition coefficient (Wildman–Crippen LogP) is 5.58. The van der Waals surface area contributed by atoms with Crippen LogP contribution in [-0.2, 0) is 0 Å². The largest absolute Gasteiger partial charge is 0.306 e. The highest BCUT2D eigenvalue weighted by molar-refractivity contribution is 5.31. The molecule has 0 amide bonds. The first-order chi connectivity index (χ1) is 10.8. The van der Waals surface area contributed by atoms with Crippen molar-refractivity contribution in [3.8, 4) is 0 Å². The van der Waals surface area contributed by atoms with Crippen molar-refractivity contribution in [3.63, 3.8) is 0 Å². The van der Waals surface area contributed by atoms with Crippen molar-refractivity contribution < 1.29 is 0 Å². The third kappa shape index (κ3) is 4.99. The van der Waals surface area contributed by atoms with Crippen LogP contribution in [0.15, 0.2) is 60.7 Å². The lowest BCUT2D eigenvalue weighted by Crippen LogP contribution is -2.28. The highest BCUT2D eigenvalue weighted by atomic mass is 14.9. The second kappa shape index (κ2) is 9.42. The van der Waals surface area contributed by atoms with E-state index < -0.39 is 0 Å². The van der Waals surface area contributed by atoms with Gasteiger partial charge in [0.1, 0.15) is 0 Å². The zero-order valence-corrected chi connectivity index (χ0v) is 14.0. The van der Waals surface area contributed by atoms with E-state index in [2.05, 4.69) is 79.8 Å². The summed E-state index contributed by atoms with van der Waals surface area (Å²) in [6.07, 6.45) is 5.21. The van der Waals surface area contributed by atoms with Gasteiger partial charge < -0.3 is 5.32 Å². The van der Waals surface area contributed by atoms with Crippen LogP contribution < -0.4 is 5.32 Å². The molecular formula is C21H29N. The summed E-state index contributed by atoms with van der Waals surface area (Å²) in [6.45, 7) is 5.67. The molecular weight excluding hydrogens is 266 g/mol. The molecule has 0 bridgehead atoms. The maximum absolute atomic E-state index is 3.81. The van der Waals surface area contributed by atoms with Crippen LogP contribution >= 0.6 is 0 Å². The van der Waals surface area contributed by atoms with Gasteiger partial charge in [0.15, 0.2) is 0 Å². The summed E-state index contributed by atoms with van der Waals surface area (Å²) >= 11 is 0. The quantitative estimate of drug-likeness (QED) is 0.636. The Labute approximate surface area is 135 Å². The van der Waals surface area contributed by atoms with Gasteiger partial charge in [0.05, 0.1) is 6.04 Å². The molecule has 22 heavy (non-hydrogen) atoms. The molecule has 2 aromatic rings. The zero-order chi connectivity index (χ0) is 15.6. The predicted molar refractivity (Wildman–Crippen MR) is 96.0 cm³/mol. The van der Waals surface area contributed by atoms with E-state index in [-0.39, 0.29) is 6.04 Å². The number of unbranched alkanes of at least 4 members (excludes halogenated alkanes) is 1. The van der Waals surface area contributed by atoms with Gasteiger partial charge in [-0.3, -0.25) is 0 Å². The van der Waals surface area contributed by atoms with Gasteiger partial charge in [-0.2, -0.15) is 0 Å². The minimum atomic E-state index is 0.290. The fraction of sp³-hybridized carbons (Fsp3) is 0.429. The van der Waals surface area contributed by atoms with Crippen molar-refractivity contribution >= 4 is 0 Å². The molecule has 1 atom stereocenters. The first kappa shape index (κ1) is 16.8. The highest BCUT2D eigenvalue weighted by Gasteiger charge is 2.15. The van der Waals surface area contributed by atoms with Gasteiger partial charge in [-0.05, 0) is 30.0 Å². The Hall–Kier alpha value is -1.60. The summed E-state index contributed by atoms with van der Waals surface area (Å²) < 4.78 is 0. The lowest BCUT2D eigenvalue weighted by molar-refractivity contribution is 0.405. The normalized spacial score (nSPS) is 12.5. The fourth-order valence-electron chi connectivity index (χ4n) is 2.95. The zero-order valence-electron chi connectivity index (χ0n) is 14.0. The molecule has 0 spiro atoms. The molecule has 2 aromatic carbocycles. The molecule has 0 heterocycles. The average molecular weight is 295 g/mol. The Morgan fingerprint density at radius 2 is 1.36 bits per heavy atom. The molecule has 0 radical (unpaired) electrons. The second-order valence-corrected chi connectivity index (χ2v) is 6.08. The van der Waals surface area contributed by atoms with Crippen molar-refractivity contribution in [1.82, 2.24) is 5.32 Å². The van der Waals surface area contributed by atoms with Gasteiger partial charge in [-0.25, -0.2) is 0 Å². The summed E-state index contributed by atoms with van der Waals surface area (Å²) in [4.78, 5) is 0. The monoisotopic (exact) mass is 295 g/mol. The average Bonchev–Trinajstić information content (AvgIpc) is 2.59. The van der Waals surface area contributed by atoms with E-state index in [1.807, 2.05) is 0 Å². The molecule has 0 saturated heterocycles. The Kier molecular flexibility index (Phi) is 7.18. The van der Waals surface area contributed by atoms with Crippen molar-refractivity contribution in [3.05, 3.63) is 71.8 Å². The van der Waals surface area contributed by atoms with Crippen LogP contribution in [-0.4, -0.2) is 6.54 Å². The lowest BCUT2D eigenvalue weighted by atomic mass is 9.95. The van der Waals surface area contributed by atoms with E-state index >= 15 is 0 Å². The summed E-state index contributed by atoms with van der Waals surface area (Å²) in [5.74, 6) is 0.773. The topological polar surface area (TPSA) is 12.0 Å². The van der Waals surface area contributed by atoms with Crippen LogP contribution in [0.2, 0.25) is 0 Å². The second-order valence-electron chi connectivity index (χ2n) is 6.08. The molecule has 1 nitrogen and oxygen atoms in total. The van der Waals surface area contributed by atoms with Crippen LogP contribution in [0.25, 0.3) is 0 Å². The van der Waals surface area contributed by atoms with Gasteiger partial charge in [-0.15, -0.1) is 0 Å². The summed E-state index contributed by atoms with van der Waals surface area (Å²) in [5, 5.41) is 3.81. The van der Waals surface area contributed by atoms with Gasteiger partial charge in [-0.1, -0.05) is 93.8 Å². The molecule has 0 aliphatic carbocycles. The van der Waals surface area contributed by atoms with E-state index in [1.54, 1.807) is 0 Å². The van der Waals surface area contributed by atoms with Crippen LogP contribution in [0.4, 0.5) is 0 Å². The SMILES string of the molecule is CCCC[C@H](CC)CNC(c1ccccc1)c1ccccc1. The molecule has 0 aromatic heterocycles. The van der Waals surface area contributed by atoms with E-state index in [9.17, 15) is 0 Å². The van der Waals surface area contributed by atoms with Crippen molar-refractivity contribution in [1.29, 1.82) is 0 Å². The maximum Gasteiger partial charge on any atom is 0.0576 e. The third-order valence-corrected chi connectivity index (χ3v) is 4.42. The first-order valence-corrected chi connectivity index (χ1v) is 8.68. The lowest BCUT2D eigenvalue weighted by Gasteiger charge is -2.23. The minimum Gasteiger partial charge on any atom is -0.306 e. The van der Waals surface area contributed by atoms with E-state index in [4.69, 9.17) is 0 Å². The molecule has 1 heteroatoms. The minimum absolute atomic E-state index is 0.290. The summed E-state index contributed by atoms with van der Waals surface area (Å²) in [7, 11) is 0. The van der Waals surface area contributed by atoms with Crippen LogP contribution in [0.5, 0.6) is 0 Å². The summed E-state index contributed by atoms with van der Waals surface area (Å²) in [6, 6.07) is 21.8. The maximum atomic E-state index is 3.81. The van der Waals surface area contributed by atoms with E-state index in [0.717, 1.165) is 12.5 Å². The molecule has 118 valence electrons. The van der Waals surface area contributed by atoms with Crippen LogP contribution in [0.3, 0.4) is 0 Å². The number of rotatable bonds is 9. The van der Waals surface area contributed by atoms with Crippen LogP contribution in [0.1, 0.15) is 56.7 Å². The number of hydrogen-bond acceptors (Lipinski definition) is 1. The highest BCUT2D eigenvalue weighted by Crippen LogP contribution is 2.23. The van der Waals surface area contributed by atoms with Crippen molar-refractivity contribution in [2.24, 2.45) is 5.92 Å². The van der Waals surface area contributed by atoms with Crippen molar-refractivity contribution in [2.45, 2.75) is 45.6 Å². The molecule has 2 rings (SSSR count). The van der Waals surface area contributed by atoms with Crippen LogP contribution in [0, 0.1) is 5.92 Å². The number of benzene rings is 2. The van der Waals surface area contributed by atoms with Gasteiger partial charge >= 0.3 is 0 Å². The molecule has 0 fully saturated rings. The van der Waals surface area contributed by atoms with Crippen molar-refractivity contribution in [2.75, 3.05) is 6.54 Å². The molecule has 0 saturated carbocycles. The first-order valence-electron chi connectivity index (χ1n) is 8.68. The smallest absolute Gasteiger partial charge is 0.0576 e. The molecule has 0 aliphatic rings. The molecule has 0 aliphatic heterocycles. The Morgan fingerprint density at radius 1 is 0.818 bits per heavy atom. The number of hydrogen-bond donors (Lipinski definition) is 1. The fourth-order valence-corrected chi connectivity index (χ4v) is 2.95. The number of nitrogens with one attached hydrogen (secondary N) is 1. The van der Waals surface area contributed by atoms with Gasteiger partial charge in [0.25, 0.3) is 0 Å².